The number of thiophene rings is 1. The average Bonchev–Trinajstić information content (AvgIpc) is 2.76. The number of benzene rings is 2. The van der Waals surface area contributed by atoms with Gasteiger partial charge in [-0.3, -0.25) is 0 Å². The maximum Gasteiger partial charge on any atom is 0.485 e. The second-order valence-corrected chi connectivity index (χ2v) is 7.06. The molecule has 0 atom stereocenters. The maximum atomic E-state index is 10.7. The van der Waals surface area contributed by atoms with E-state index in [4.69, 9.17) is 13.0 Å². The van der Waals surface area contributed by atoms with Crippen molar-refractivity contribution in [3.05, 3.63) is 48.0 Å². The molecule has 3 rings (SSSR count). The van der Waals surface area contributed by atoms with Crippen LogP contribution in [-0.4, -0.2) is 18.5 Å². The fraction of sp³-hybridized carbons (Fsp3) is 0.143. The SMILES string of the molecule is Cc1cccc2[sH+]c3ccccc3c12.O=S(=O)([O-])C(F)(F)F. The van der Waals surface area contributed by atoms with Crippen LogP contribution < -0.4 is 0 Å². The first kappa shape index (κ1) is 16.7. The number of fused-ring (bicyclic) bond motifs is 3. The molecule has 3 nitrogen and oxygen atoms in total. The highest BCUT2D eigenvalue weighted by Crippen LogP contribution is 2.35. The summed E-state index contributed by atoms with van der Waals surface area (Å²) in [5, 5.41) is 2.87. The summed E-state index contributed by atoms with van der Waals surface area (Å²) in [6.45, 7) is 2.19. The third kappa shape index (κ3) is 3.40. The van der Waals surface area contributed by atoms with E-state index in [0.717, 1.165) is 0 Å². The molecule has 0 bridgehead atoms. The van der Waals surface area contributed by atoms with Gasteiger partial charge in [0.15, 0.2) is 19.5 Å². The highest BCUT2D eigenvalue weighted by molar-refractivity contribution is 7.86. The van der Waals surface area contributed by atoms with Gasteiger partial charge in [-0.15, -0.1) is 0 Å². The minimum Gasteiger partial charge on any atom is -0.741 e. The summed E-state index contributed by atoms with van der Waals surface area (Å²) >= 11 is 1.36. The van der Waals surface area contributed by atoms with E-state index in [1.807, 2.05) is 0 Å². The van der Waals surface area contributed by atoms with Crippen LogP contribution in [-0.2, 0) is 10.1 Å². The molecule has 1 heterocycles. The third-order valence-electron chi connectivity index (χ3n) is 2.95. The molecule has 0 amide bonds. The zero-order chi connectivity index (χ0) is 16.5. The summed E-state index contributed by atoms with van der Waals surface area (Å²) in [6.07, 6.45) is 0. The van der Waals surface area contributed by atoms with Crippen LogP contribution in [0.5, 0.6) is 0 Å². The third-order valence-corrected chi connectivity index (χ3v) is 4.76. The Hall–Kier alpha value is -1.64. The zero-order valence-electron chi connectivity index (χ0n) is 11.3. The van der Waals surface area contributed by atoms with Gasteiger partial charge in [0.25, 0.3) is 0 Å². The van der Waals surface area contributed by atoms with E-state index in [9.17, 15) is 13.2 Å². The van der Waals surface area contributed by atoms with Crippen LogP contribution >= 0.6 is 11.3 Å². The van der Waals surface area contributed by atoms with Gasteiger partial charge in [-0.2, -0.15) is 13.2 Å². The highest BCUT2D eigenvalue weighted by Gasteiger charge is 2.36. The summed E-state index contributed by atoms with van der Waals surface area (Å²) < 4.78 is 61.8. The molecular formula is C14H11F3O3S2. The Labute approximate surface area is 128 Å². The zero-order valence-corrected chi connectivity index (χ0v) is 13.0. The summed E-state index contributed by atoms with van der Waals surface area (Å²) in [4.78, 5) is 0. The number of alkyl halides is 3. The number of aryl methyl sites for hydroxylation is 1. The van der Waals surface area contributed by atoms with Crippen LogP contribution in [0.15, 0.2) is 42.5 Å². The van der Waals surface area contributed by atoms with E-state index in [1.165, 1.54) is 37.1 Å². The Morgan fingerprint density at radius 1 is 1.00 bits per heavy atom. The molecule has 1 aromatic heterocycles. The topological polar surface area (TPSA) is 57.2 Å². The largest absolute Gasteiger partial charge is 0.741 e. The molecule has 0 N–H and O–H groups in total. The van der Waals surface area contributed by atoms with Crippen molar-refractivity contribution >= 4 is 41.6 Å². The van der Waals surface area contributed by atoms with E-state index in [-0.39, 0.29) is 0 Å². The fourth-order valence-corrected chi connectivity index (χ4v) is 3.30. The van der Waals surface area contributed by atoms with Crippen LogP contribution in [0.4, 0.5) is 13.2 Å². The lowest BCUT2D eigenvalue weighted by Gasteiger charge is -2.08. The molecule has 0 saturated heterocycles. The summed E-state index contributed by atoms with van der Waals surface area (Å²) in [5.74, 6) is 0. The van der Waals surface area contributed by atoms with Crippen molar-refractivity contribution < 1.29 is 26.1 Å². The van der Waals surface area contributed by atoms with Crippen LogP contribution in [0.1, 0.15) is 5.56 Å². The van der Waals surface area contributed by atoms with Gasteiger partial charge in [-0.1, -0.05) is 24.3 Å². The van der Waals surface area contributed by atoms with Crippen LogP contribution in [0, 0.1) is 6.92 Å². The minimum atomic E-state index is -6.09. The Bertz CT molecular complexity index is 912. The van der Waals surface area contributed by atoms with E-state index in [2.05, 4.69) is 49.4 Å². The van der Waals surface area contributed by atoms with E-state index < -0.39 is 15.6 Å². The fourth-order valence-electron chi connectivity index (χ4n) is 2.01. The van der Waals surface area contributed by atoms with Crippen LogP contribution in [0.3, 0.4) is 0 Å². The van der Waals surface area contributed by atoms with E-state index in [1.54, 1.807) is 0 Å². The molecule has 0 aliphatic carbocycles. The Kier molecular flexibility index (Phi) is 4.46. The van der Waals surface area contributed by atoms with Gasteiger partial charge in [0.2, 0.25) is 0 Å². The first-order chi connectivity index (χ1) is 10.1. The van der Waals surface area contributed by atoms with Gasteiger partial charge in [0, 0.05) is 10.8 Å². The molecule has 118 valence electrons. The lowest BCUT2D eigenvalue weighted by atomic mass is 10.1. The molecule has 22 heavy (non-hydrogen) atoms. The van der Waals surface area contributed by atoms with Crippen molar-refractivity contribution in [2.45, 2.75) is 12.4 Å². The Morgan fingerprint density at radius 2 is 1.55 bits per heavy atom. The van der Waals surface area contributed by atoms with Gasteiger partial charge in [0.05, 0.1) is 0 Å². The second-order valence-electron chi connectivity index (χ2n) is 4.50. The number of rotatable bonds is 0. The average molecular weight is 348 g/mol. The number of halogens is 3. The summed E-state index contributed by atoms with van der Waals surface area (Å²) in [5.41, 5.74) is -4.26. The maximum absolute atomic E-state index is 10.7. The number of hydrogen-bond donors (Lipinski definition) is 0. The quantitative estimate of drug-likeness (QED) is 0.348. The predicted octanol–water partition coefficient (Wildman–Crippen LogP) is 4.15. The molecular weight excluding hydrogens is 337 g/mol. The van der Waals surface area contributed by atoms with E-state index >= 15 is 0 Å². The molecule has 8 heteroatoms. The second kappa shape index (κ2) is 5.86. The Balaban J connectivity index is 0.000000192. The molecule has 0 saturated carbocycles. The van der Waals surface area contributed by atoms with Gasteiger partial charge >= 0.3 is 5.51 Å². The monoisotopic (exact) mass is 348 g/mol. The lowest BCUT2D eigenvalue weighted by Crippen LogP contribution is -2.21. The van der Waals surface area contributed by atoms with Gasteiger partial charge in [-0.05, 0) is 42.0 Å². The van der Waals surface area contributed by atoms with Gasteiger partial charge in [0.1, 0.15) is 0 Å². The lowest BCUT2D eigenvalue weighted by molar-refractivity contribution is -0.0517. The Morgan fingerprint density at radius 3 is 2.14 bits per heavy atom. The molecule has 2 aromatic carbocycles. The standard InChI is InChI=1S/C13H10S.CHF3O3S/c1-9-5-4-8-12-13(9)10-6-2-3-7-11(10)14-12;2-1(3,4)8(5,6)7/h2-8H,1H3;(H,5,6,7). The summed E-state index contributed by atoms with van der Waals surface area (Å²) in [7, 11) is -6.09. The number of hydrogen-bond acceptors (Lipinski definition) is 3. The van der Waals surface area contributed by atoms with Crippen LogP contribution in [0.2, 0.25) is 0 Å². The molecule has 0 fully saturated rings. The van der Waals surface area contributed by atoms with Gasteiger partial charge in [-0.25, -0.2) is 8.42 Å². The smallest absolute Gasteiger partial charge is 0.485 e. The van der Waals surface area contributed by atoms with Crippen molar-refractivity contribution in [2.24, 2.45) is 0 Å². The first-order valence-electron chi connectivity index (χ1n) is 6.04. The van der Waals surface area contributed by atoms with Crippen molar-refractivity contribution in [3.8, 4) is 0 Å². The summed E-state index contributed by atoms with van der Waals surface area (Å²) in [6, 6.07) is 15.2. The van der Waals surface area contributed by atoms with Crippen molar-refractivity contribution in [2.75, 3.05) is 0 Å². The minimum absolute atomic E-state index is 1.36. The molecule has 0 unspecified atom stereocenters. The molecule has 0 radical (unpaired) electrons. The normalized spacial score (nSPS) is 12.2. The first-order valence-corrected chi connectivity index (χ1v) is 8.34. The molecule has 0 aliphatic heterocycles. The highest BCUT2D eigenvalue weighted by atomic mass is 32.2. The molecule has 0 spiro atoms. The van der Waals surface area contributed by atoms with Crippen molar-refractivity contribution in [1.29, 1.82) is 0 Å². The van der Waals surface area contributed by atoms with Crippen molar-refractivity contribution in [3.63, 3.8) is 0 Å². The van der Waals surface area contributed by atoms with Crippen molar-refractivity contribution in [1.82, 2.24) is 0 Å². The molecule has 3 aromatic rings. The van der Waals surface area contributed by atoms with E-state index in [0.29, 0.717) is 0 Å². The van der Waals surface area contributed by atoms with Gasteiger partial charge < -0.3 is 4.55 Å². The molecule has 0 aliphatic rings. The van der Waals surface area contributed by atoms with Crippen LogP contribution in [0.25, 0.3) is 20.2 Å². The predicted molar refractivity (Wildman–Crippen MR) is 81.2 cm³/mol.